The molecular weight excluding hydrogens is 182 g/mol. The molecule has 0 aliphatic heterocycles. The number of hydrogen-bond acceptors (Lipinski definition) is 1. The highest BCUT2D eigenvalue weighted by Gasteiger charge is 1.96. The molecule has 1 rings (SSSR count). The molecule has 0 bridgehead atoms. The van der Waals surface area contributed by atoms with E-state index < -0.39 is 0 Å². The highest BCUT2D eigenvalue weighted by molar-refractivity contribution is 9.10. The number of pyridine rings is 1. The van der Waals surface area contributed by atoms with Gasteiger partial charge in [-0.15, -0.1) is 0 Å². The van der Waals surface area contributed by atoms with Gasteiger partial charge in [0.2, 0.25) is 12.4 Å². The Bertz CT molecular complexity index is 202. The van der Waals surface area contributed by atoms with Crippen LogP contribution in [0, 0.1) is 0 Å². The molecule has 0 N–H and O–H groups in total. The van der Waals surface area contributed by atoms with Gasteiger partial charge < -0.3 is 0 Å². The van der Waals surface area contributed by atoms with Gasteiger partial charge >= 0.3 is 0 Å². The van der Waals surface area contributed by atoms with E-state index in [0.29, 0.717) is 0 Å². The lowest BCUT2D eigenvalue weighted by molar-refractivity contribution is -0.886. The fraction of sp³-hybridized carbons (Fsp3) is 0.167. The predicted molar refractivity (Wildman–Crippen MR) is 36.8 cm³/mol. The normalized spacial score (nSPS) is 9.11. The molecule has 0 aliphatic rings. The summed E-state index contributed by atoms with van der Waals surface area (Å²) in [4.78, 5) is 4.88. The highest BCUT2D eigenvalue weighted by atomic mass is 79.9. The van der Waals surface area contributed by atoms with Crippen molar-refractivity contribution in [3.63, 3.8) is 0 Å². The van der Waals surface area contributed by atoms with Crippen LogP contribution in [0.3, 0.4) is 0 Å². The summed E-state index contributed by atoms with van der Waals surface area (Å²) in [6.45, 7) is 0. The van der Waals surface area contributed by atoms with Gasteiger partial charge in [-0.25, -0.2) is 0 Å². The number of nitrogens with zero attached hydrogens (tertiary/aromatic N) is 1. The third-order valence-corrected chi connectivity index (χ3v) is 1.42. The van der Waals surface area contributed by atoms with Crippen LogP contribution < -0.4 is 9.57 Å². The van der Waals surface area contributed by atoms with Crippen molar-refractivity contribution in [3.05, 3.63) is 29.0 Å². The molecule has 0 atom stereocenters. The average molecular weight is 189 g/mol. The second-order valence-corrected chi connectivity index (χ2v) is 2.48. The van der Waals surface area contributed by atoms with Crippen LogP contribution in [-0.4, -0.2) is 7.11 Å². The molecule has 1 aromatic rings. The zero-order chi connectivity index (χ0) is 6.69. The lowest BCUT2D eigenvalue weighted by Gasteiger charge is -1.88. The van der Waals surface area contributed by atoms with Crippen molar-refractivity contribution in [2.24, 2.45) is 0 Å². The molecule has 0 aromatic carbocycles. The van der Waals surface area contributed by atoms with Crippen LogP contribution in [0.1, 0.15) is 0 Å². The minimum absolute atomic E-state index is 1.01. The molecule has 1 heterocycles. The summed E-state index contributed by atoms with van der Waals surface area (Å²) in [5, 5.41) is 0. The van der Waals surface area contributed by atoms with Crippen molar-refractivity contribution in [2.75, 3.05) is 7.11 Å². The number of aromatic nitrogens is 1. The fourth-order valence-electron chi connectivity index (χ4n) is 0.541. The minimum Gasteiger partial charge on any atom is -0.275 e. The zero-order valence-corrected chi connectivity index (χ0v) is 6.63. The summed E-state index contributed by atoms with van der Waals surface area (Å²) >= 11 is 3.30. The van der Waals surface area contributed by atoms with Gasteiger partial charge in [-0.05, 0) is 22.0 Å². The van der Waals surface area contributed by atoms with Gasteiger partial charge in [-0.2, -0.15) is 0 Å². The fourth-order valence-corrected chi connectivity index (χ4v) is 0.895. The lowest BCUT2D eigenvalue weighted by Crippen LogP contribution is -2.39. The van der Waals surface area contributed by atoms with Crippen LogP contribution >= 0.6 is 15.9 Å². The smallest absolute Gasteiger partial charge is 0.236 e. The minimum atomic E-state index is 1.01. The zero-order valence-electron chi connectivity index (χ0n) is 5.04. The Labute approximate surface area is 62.2 Å². The van der Waals surface area contributed by atoms with Gasteiger partial charge in [0, 0.05) is 10.8 Å². The van der Waals surface area contributed by atoms with E-state index in [1.807, 2.05) is 24.5 Å². The topological polar surface area (TPSA) is 13.1 Å². The van der Waals surface area contributed by atoms with Crippen LogP contribution in [0.5, 0.6) is 0 Å². The third kappa shape index (κ3) is 1.68. The van der Waals surface area contributed by atoms with Crippen LogP contribution in [0.25, 0.3) is 0 Å². The van der Waals surface area contributed by atoms with Crippen molar-refractivity contribution in [1.82, 2.24) is 0 Å². The first-order valence-electron chi connectivity index (χ1n) is 2.54. The van der Waals surface area contributed by atoms with Crippen molar-refractivity contribution in [1.29, 1.82) is 0 Å². The first-order valence-corrected chi connectivity index (χ1v) is 3.33. The van der Waals surface area contributed by atoms with E-state index in [0.717, 1.165) is 4.47 Å². The van der Waals surface area contributed by atoms with Gasteiger partial charge in [0.25, 0.3) is 0 Å². The van der Waals surface area contributed by atoms with Crippen molar-refractivity contribution in [2.45, 2.75) is 0 Å². The van der Waals surface area contributed by atoms with Crippen molar-refractivity contribution < 1.29 is 9.57 Å². The summed E-state index contributed by atoms with van der Waals surface area (Å²) in [6.07, 6.45) is 3.66. The van der Waals surface area contributed by atoms with Gasteiger partial charge in [0.1, 0.15) is 7.11 Å². The van der Waals surface area contributed by atoms with E-state index in [-0.39, 0.29) is 0 Å². The quantitative estimate of drug-likeness (QED) is 0.595. The molecule has 48 valence electrons. The first-order chi connectivity index (χ1) is 4.33. The molecular formula is C6H7BrNO+. The molecule has 0 fully saturated rings. The molecule has 3 heteroatoms. The van der Waals surface area contributed by atoms with Gasteiger partial charge in [-0.3, -0.25) is 4.84 Å². The summed E-state index contributed by atoms with van der Waals surface area (Å²) in [7, 11) is 1.62. The maximum atomic E-state index is 4.88. The van der Waals surface area contributed by atoms with E-state index in [1.165, 1.54) is 0 Å². The van der Waals surface area contributed by atoms with E-state index in [1.54, 1.807) is 11.8 Å². The molecule has 0 saturated carbocycles. The largest absolute Gasteiger partial charge is 0.275 e. The van der Waals surface area contributed by atoms with E-state index in [2.05, 4.69) is 15.9 Å². The maximum Gasteiger partial charge on any atom is 0.236 e. The lowest BCUT2D eigenvalue weighted by atomic mass is 10.5. The first kappa shape index (κ1) is 6.55. The SMILES string of the molecule is CO[n+]1cccc(Br)c1. The Hall–Kier alpha value is -0.570. The van der Waals surface area contributed by atoms with Crippen LogP contribution in [0.4, 0.5) is 0 Å². The molecule has 0 amide bonds. The molecule has 0 aliphatic carbocycles. The molecule has 0 spiro atoms. The summed E-state index contributed by atoms with van der Waals surface area (Å²) in [5.41, 5.74) is 0. The summed E-state index contributed by atoms with van der Waals surface area (Å²) in [5.74, 6) is 0. The molecule has 0 radical (unpaired) electrons. The highest BCUT2D eigenvalue weighted by Crippen LogP contribution is 2.02. The standard InChI is InChI=1S/C6H7BrNO/c1-9-8-4-2-3-6(7)5-8/h2-5H,1H3/q+1. The number of hydrogen-bond donors (Lipinski definition) is 0. The number of halogens is 1. The van der Waals surface area contributed by atoms with Gasteiger partial charge in [0.05, 0.1) is 4.47 Å². The Balaban J connectivity index is 2.94. The monoisotopic (exact) mass is 188 g/mol. The molecule has 9 heavy (non-hydrogen) atoms. The van der Waals surface area contributed by atoms with E-state index in [4.69, 9.17) is 4.84 Å². The van der Waals surface area contributed by atoms with E-state index in [9.17, 15) is 0 Å². The molecule has 0 saturated heterocycles. The number of rotatable bonds is 1. The maximum absolute atomic E-state index is 4.88. The molecule has 2 nitrogen and oxygen atoms in total. The Morgan fingerprint density at radius 1 is 1.67 bits per heavy atom. The van der Waals surface area contributed by atoms with Crippen LogP contribution in [0.2, 0.25) is 0 Å². The Morgan fingerprint density at radius 3 is 2.89 bits per heavy atom. The second-order valence-electron chi connectivity index (χ2n) is 1.56. The Morgan fingerprint density at radius 2 is 2.44 bits per heavy atom. The van der Waals surface area contributed by atoms with Crippen molar-refractivity contribution >= 4 is 15.9 Å². The van der Waals surface area contributed by atoms with Crippen LogP contribution in [-0.2, 0) is 0 Å². The van der Waals surface area contributed by atoms with E-state index >= 15 is 0 Å². The van der Waals surface area contributed by atoms with Crippen molar-refractivity contribution in [3.8, 4) is 0 Å². The average Bonchev–Trinajstić information content (AvgIpc) is 1.88. The molecule has 1 aromatic heterocycles. The van der Waals surface area contributed by atoms with Gasteiger partial charge in [0.15, 0.2) is 0 Å². The summed E-state index contributed by atoms with van der Waals surface area (Å²) in [6, 6.07) is 3.84. The Kier molecular flexibility index (Phi) is 2.05. The van der Waals surface area contributed by atoms with Crippen LogP contribution in [0.15, 0.2) is 29.0 Å². The molecule has 0 unspecified atom stereocenters. The second kappa shape index (κ2) is 2.82. The predicted octanol–water partition coefficient (Wildman–Crippen LogP) is 0.795. The van der Waals surface area contributed by atoms with Gasteiger partial charge in [-0.1, -0.05) is 0 Å². The third-order valence-electron chi connectivity index (χ3n) is 0.950. The summed E-state index contributed by atoms with van der Waals surface area (Å²) < 4.78 is 2.62.